The van der Waals surface area contributed by atoms with E-state index in [2.05, 4.69) is 15.5 Å². The molecule has 1 N–H and O–H groups in total. The molecule has 0 saturated heterocycles. The summed E-state index contributed by atoms with van der Waals surface area (Å²) in [5.41, 5.74) is 1.50. The van der Waals surface area contributed by atoms with Crippen LogP contribution in [-0.4, -0.2) is 29.0 Å². The van der Waals surface area contributed by atoms with Gasteiger partial charge in [-0.15, -0.1) is 0 Å². The van der Waals surface area contributed by atoms with E-state index in [4.69, 9.17) is 20.5 Å². The number of carbonyl (C=O) groups is 2. The minimum atomic E-state index is -0.388. The molecule has 2 heterocycles. The van der Waals surface area contributed by atoms with Crippen LogP contribution in [0.15, 0.2) is 75.9 Å². The number of hydrogen-bond donors (Lipinski definition) is 1. The van der Waals surface area contributed by atoms with Crippen LogP contribution in [0.4, 0.5) is 5.69 Å². The second kappa shape index (κ2) is 8.85. The molecule has 0 saturated carbocycles. The zero-order chi connectivity index (χ0) is 21.8. The predicted molar refractivity (Wildman–Crippen MR) is 114 cm³/mol. The van der Waals surface area contributed by atoms with Crippen molar-refractivity contribution in [2.75, 3.05) is 11.9 Å². The number of nitrogens with zero attached hydrogens (tertiary/aromatic N) is 3. The zero-order valence-electron chi connectivity index (χ0n) is 16.4. The van der Waals surface area contributed by atoms with Crippen LogP contribution < -0.4 is 10.2 Å². The summed E-state index contributed by atoms with van der Waals surface area (Å²) in [5, 5.41) is 7.27. The van der Waals surface area contributed by atoms with E-state index in [0.29, 0.717) is 22.1 Å². The Morgan fingerprint density at radius 1 is 1.06 bits per heavy atom. The van der Waals surface area contributed by atoms with Gasteiger partial charge in [0.25, 0.3) is 11.8 Å². The molecule has 0 spiro atoms. The Kier molecular flexibility index (Phi) is 5.81. The molecule has 0 unspecified atom stereocenters. The third-order valence-electron chi connectivity index (χ3n) is 4.52. The van der Waals surface area contributed by atoms with Crippen LogP contribution in [0.2, 0.25) is 5.02 Å². The average molecular weight is 437 g/mol. The zero-order valence-corrected chi connectivity index (χ0v) is 17.2. The van der Waals surface area contributed by atoms with Crippen LogP contribution >= 0.6 is 11.6 Å². The van der Waals surface area contributed by atoms with E-state index in [1.807, 2.05) is 0 Å². The van der Waals surface area contributed by atoms with Crippen molar-refractivity contribution in [3.05, 3.63) is 89.2 Å². The van der Waals surface area contributed by atoms with E-state index in [-0.39, 0.29) is 30.0 Å². The Balaban J connectivity index is 1.46. The molecule has 0 aliphatic heterocycles. The first-order valence-corrected chi connectivity index (χ1v) is 9.68. The van der Waals surface area contributed by atoms with Gasteiger partial charge in [-0.3, -0.25) is 9.59 Å². The molecule has 0 aliphatic rings. The molecule has 0 fully saturated rings. The second-order valence-corrected chi connectivity index (χ2v) is 7.00. The molecule has 156 valence electrons. The van der Waals surface area contributed by atoms with Gasteiger partial charge in [0.05, 0.1) is 24.1 Å². The van der Waals surface area contributed by atoms with Crippen LogP contribution in [0.1, 0.15) is 26.8 Å². The molecule has 2 aromatic heterocycles. The first-order valence-electron chi connectivity index (χ1n) is 9.30. The van der Waals surface area contributed by atoms with Crippen LogP contribution in [0.5, 0.6) is 0 Å². The Morgan fingerprint density at radius 3 is 2.58 bits per heavy atom. The number of para-hydroxylation sites is 1. The first kappa shape index (κ1) is 20.4. The van der Waals surface area contributed by atoms with E-state index in [9.17, 15) is 9.59 Å². The molecule has 2 amide bonds. The molecule has 8 nitrogen and oxygen atoms in total. The van der Waals surface area contributed by atoms with E-state index in [1.165, 1.54) is 11.2 Å². The predicted octanol–water partition coefficient (Wildman–Crippen LogP) is 4.19. The van der Waals surface area contributed by atoms with Crippen LogP contribution in [0.25, 0.3) is 11.4 Å². The highest BCUT2D eigenvalue weighted by Gasteiger charge is 2.21. The summed E-state index contributed by atoms with van der Waals surface area (Å²) in [6, 6.07) is 17.0. The van der Waals surface area contributed by atoms with Gasteiger partial charge in [-0.05, 0) is 48.5 Å². The SMILES string of the molecule is CN(C(=O)c1ccco1)c1ccccc1C(=O)NCc1nc(-c2ccc(Cl)cc2)no1. The lowest BCUT2D eigenvalue weighted by Gasteiger charge is -2.19. The highest BCUT2D eigenvalue weighted by Crippen LogP contribution is 2.22. The van der Waals surface area contributed by atoms with Gasteiger partial charge in [0, 0.05) is 17.6 Å². The number of rotatable bonds is 6. The molecule has 0 atom stereocenters. The maximum atomic E-state index is 12.8. The number of nitrogens with one attached hydrogen (secondary N) is 1. The fourth-order valence-electron chi connectivity index (χ4n) is 2.93. The number of benzene rings is 2. The van der Waals surface area contributed by atoms with E-state index >= 15 is 0 Å². The maximum Gasteiger partial charge on any atom is 0.293 e. The quantitative estimate of drug-likeness (QED) is 0.486. The van der Waals surface area contributed by atoms with E-state index in [0.717, 1.165) is 5.56 Å². The number of carbonyl (C=O) groups excluding carboxylic acids is 2. The fourth-order valence-corrected chi connectivity index (χ4v) is 3.05. The Labute approximate surface area is 182 Å². The van der Waals surface area contributed by atoms with Crippen molar-refractivity contribution >= 4 is 29.1 Å². The normalized spacial score (nSPS) is 10.6. The van der Waals surface area contributed by atoms with Gasteiger partial charge in [-0.25, -0.2) is 0 Å². The molecule has 4 rings (SSSR count). The van der Waals surface area contributed by atoms with Gasteiger partial charge in [-0.1, -0.05) is 28.9 Å². The highest BCUT2D eigenvalue weighted by molar-refractivity contribution is 6.30. The van der Waals surface area contributed by atoms with Crippen molar-refractivity contribution in [1.82, 2.24) is 15.5 Å². The fraction of sp³-hybridized carbons (Fsp3) is 0.0909. The molecule has 9 heteroatoms. The van der Waals surface area contributed by atoms with Gasteiger partial charge in [0.2, 0.25) is 11.7 Å². The van der Waals surface area contributed by atoms with E-state index < -0.39 is 0 Å². The van der Waals surface area contributed by atoms with Crippen LogP contribution in [0, 0.1) is 0 Å². The standard InChI is InChI=1S/C22H17ClN4O4/c1-27(22(29)18-7-4-12-30-18)17-6-3-2-5-16(17)21(28)24-13-19-25-20(26-31-19)14-8-10-15(23)11-9-14/h2-12H,13H2,1H3,(H,24,28). The molecule has 4 aromatic rings. The number of aromatic nitrogens is 2. The number of furan rings is 1. The van der Waals surface area contributed by atoms with Gasteiger partial charge < -0.3 is 19.2 Å². The summed E-state index contributed by atoms with van der Waals surface area (Å²) < 4.78 is 10.4. The topological polar surface area (TPSA) is 101 Å². The largest absolute Gasteiger partial charge is 0.459 e. The summed E-state index contributed by atoms with van der Waals surface area (Å²) in [5.74, 6) is 0.0647. The van der Waals surface area contributed by atoms with Gasteiger partial charge in [-0.2, -0.15) is 4.98 Å². The van der Waals surface area contributed by atoms with Crippen molar-refractivity contribution in [1.29, 1.82) is 0 Å². The Bertz CT molecular complexity index is 1200. The Hall–Kier alpha value is -3.91. The number of hydrogen-bond acceptors (Lipinski definition) is 6. The highest BCUT2D eigenvalue weighted by atomic mass is 35.5. The summed E-state index contributed by atoms with van der Waals surface area (Å²) in [7, 11) is 1.58. The first-order chi connectivity index (χ1) is 15.0. The van der Waals surface area contributed by atoms with Gasteiger partial charge in [0.15, 0.2) is 5.76 Å². The number of anilines is 1. The molecular formula is C22H17ClN4O4. The van der Waals surface area contributed by atoms with Crippen molar-refractivity contribution in [2.45, 2.75) is 6.54 Å². The van der Waals surface area contributed by atoms with Crippen molar-refractivity contribution in [3.8, 4) is 11.4 Å². The van der Waals surface area contributed by atoms with E-state index in [1.54, 1.807) is 67.7 Å². The lowest BCUT2D eigenvalue weighted by Crippen LogP contribution is -2.30. The van der Waals surface area contributed by atoms with Gasteiger partial charge >= 0.3 is 0 Å². The maximum absolute atomic E-state index is 12.8. The summed E-state index contributed by atoms with van der Waals surface area (Å²) in [6.45, 7) is 0.0314. The minimum absolute atomic E-state index is 0.0314. The summed E-state index contributed by atoms with van der Waals surface area (Å²) in [6.07, 6.45) is 1.42. The molecule has 0 aliphatic carbocycles. The number of halogens is 1. The average Bonchev–Trinajstić information content (AvgIpc) is 3.49. The lowest BCUT2D eigenvalue weighted by atomic mass is 10.1. The van der Waals surface area contributed by atoms with Crippen molar-refractivity contribution in [3.63, 3.8) is 0 Å². The molecule has 0 radical (unpaired) electrons. The molecule has 31 heavy (non-hydrogen) atoms. The van der Waals surface area contributed by atoms with Crippen LogP contribution in [-0.2, 0) is 6.54 Å². The Morgan fingerprint density at radius 2 is 1.84 bits per heavy atom. The summed E-state index contributed by atoms with van der Waals surface area (Å²) >= 11 is 5.89. The monoisotopic (exact) mass is 436 g/mol. The number of amides is 2. The third-order valence-corrected chi connectivity index (χ3v) is 4.77. The summed E-state index contributed by atoms with van der Waals surface area (Å²) in [4.78, 5) is 31.0. The van der Waals surface area contributed by atoms with Crippen molar-refractivity contribution < 1.29 is 18.5 Å². The van der Waals surface area contributed by atoms with Gasteiger partial charge in [0.1, 0.15) is 0 Å². The smallest absolute Gasteiger partial charge is 0.293 e. The minimum Gasteiger partial charge on any atom is -0.459 e. The third kappa shape index (κ3) is 4.49. The molecule has 2 aromatic carbocycles. The molecule has 0 bridgehead atoms. The van der Waals surface area contributed by atoms with Crippen molar-refractivity contribution in [2.24, 2.45) is 0 Å². The molecular weight excluding hydrogens is 420 g/mol. The second-order valence-electron chi connectivity index (χ2n) is 6.56. The van der Waals surface area contributed by atoms with Crippen LogP contribution in [0.3, 0.4) is 0 Å². The lowest BCUT2D eigenvalue weighted by molar-refractivity contribution is 0.0946.